The first-order chi connectivity index (χ1) is 10.6. The fourth-order valence-corrected chi connectivity index (χ4v) is 5.48. The van der Waals surface area contributed by atoms with Crippen LogP contribution in [-0.4, -0.2) is 46.2 Å². The molecule has 2 bridgehead atoms. The van der Waals surface area contributed by atoms with Crippen molar-refractivity contribution in [2.75, 3.05) is 6.61 Å². The van der Waals surface area contributed by atoms with Gasteiger partial charge in [-0.1, -0.05) is 34.6 Å². The van der Waals surface area contributed by atoms with Gasteiger partial charge in [-0.3, -0.25) is 4.90 Å². The predicted octanol–water partition coefficient (Wildman–Crippen LogP) is 2.60. The van der Waals surface area contributed by atoms with Crippen LogP contribution in [0, 0.1) is 28.6 Å². The molecule has 1 spiro atoms. The number of cyclic esters (lactones) is 1. The van der Waals surface area contributed by atoms with Gasteiger partial charge in [0.05, 0.1) is 6.10 Å². The molecule has 0 aromatic heterocycles. The monoisotopic (exact) mass is 325 g/mol. The lowest BCUT2D eigenvalue weighted by molar-refractivity contribution is -0.149. The number of aliphatic hydroxyl groups is 2. The van der Waals surface area contributed by atoms with Crippen LogP contribution in [0.1, 0.15) is 53.9 Å². The summed E-state index contributed by atoms with van der Waals surface area (Å²) in [6.45, 7) is 10.7. The SMILES string of the molecule is CC(C)[C@H](O)[C@H](C)C(O)N1C(=O)OC[C@]23CC[C@H](C[C@@H]12)C3(C)C. The van der Waals surface area contributed by atoms with Crippen molar-refractivity contribution >= 4 is 6.09 Å². The summed E-state index contributed by atoms with van der Waals surface area (Å²) in [7, 11) is 0. The second kappa shape index (κ2) is 5.35. The van der Waals surface area contributed by atoms with Crippen molar-refractivity contribution in [3.63, 3.8) is 0 Å². The Bertz CT molecular complexity index is 491. The number of amides is 1. The molecule has 3 rings (SSSR count). The van der Waals surface area contributed by atoms with Crippen LogP contribution >= 0.6 is 0 Å². The van der Waals surface area contributed by atoms with Crippen LogP contribution in [0.15, 0.2) is 0 Å². The van der Waals surface area contributed by atoms with E-state index in [-0.39, 0.29) is 22.8 Å². The van der Waals surface area contributed by atoms with E-state index in [1.165, 1.54) is 6.42 Å². The van der Waals surface area contributed by atoms with E-state index in [9.17, 15) is 15.0 Å². The number of hydrogen-bond acceptors (Lipinski definition) is 4. The highest BCUT2D eigenvalue weighted by Gasteiger charge is 2.69. The second-order valence-corrected chi connectivity index (χ2v) is 8.83. The standard InChI is InChI=1S/C18H31NO4/c1-10(2)14(20)11(3)15(21)19-13-8-12-6-7-18(13,17(12,4)5)9-23-16(19)22/h10-15,20-21H,6-9H2,1-5H3/t11-,12+,13+,14-,15?,18+/m0/s1. The van der Waals surface area contributed by atoms with E-state index >= 15 is 0 Å². The maximum Gasteiger partial charge on any atom is 0.412 e. The van der Waals surface area contributed by atoms with E-state index in [0.717, 1.165) is 12.8 Å². The average Bonchev–Trinajstić information content (AvgIpc) is 2.87. The molecule has 0 aromatic carbocycles. The third-order valence-electron chi connectivity index (χ3n) is 7.37. The molecule has 5 nitrogen and oxygen atoms in total. The summed E-state index contributed by atoms with van der Waals surface area (Å²) in [4.78, 5) is 14.0. The van der Waals surface area contributed by atoms with Gasteiger partial charge in [0, 0.05) is 17.4 Å². The maximum atomic E-state index is 12.4. The molecule has 23 heavy (non-hydrogen) atoms. The minimum absolute atomic E-state index is 0.0225. The van der Waals surface area contributed by atoms with Crippen LogP contribution in [0.5, 0.6) is 0 Å². The molecular formula is C18H31NO4. The van der Waals surface area contributed by atoms with Crippen LogP contribution in [0.3, 0.4) is 0 Å². The van der Waals surface area contributed by atoms with Crippen LogP contribution in [-0.2, 0) is 4.74 Å². The molecule has 132 valence electrons. The Hall–Kier alpha value is -0.810. The molecule has 5 heteroatoms. The third kappa shape index (κ3) is 2.15. The summed E-state index contributed by atoms with van der Waals surface area (Å²) in [6, 6.07) is 0.0225. The largest absolute Gasteiger partial charge is 0.449 e. The third-order valence-corrected chi connectivity index (χ3v) is 7.37. The number of fused-ring (bicyclic) bond motifs is 1. The molecule has 1 heterocycles. The zero-order valence-corrected chi connectivity index (χ0v) is 15.0. The molecule has 2 saturated carbocycles. The number of hydrogen-bond donors (Lipinski definition) is 2. The topological polar surface area (TPSA) is 70.0 Å². The summed E-state index contributed by atoms with van der Waals surface area (Å²) in [6.07, 6.45) is 1.07. The van der Waals surface area contributed by atoms with Gasteiger partial charge in [-0.05, 0) is 36.5 Å². The minimum atomic E-state index is -1.00. The van der Waals surface area contributed by atoms with Gasteiger partial charge in [-0.25, -0.2) is 4.79 Å². The van der Waals surface area contributed by atoms with Gasteiger partial charge in [0.25, 0.3) is 0 Å². The summed E-state index contributed by atoms with van der Waals surface area (Å²) >= 11 is 0. The van der Waals surface area contributed by atoms with E-state index in [1.807, 2.05) is 20.8 Å². The Labute approximate surface area is 139 Å². The first kappa shape index (κ1) is 17.0. The molecule has 1 saturated heterocycles. The normalized spacial score (nSPS) is 39.1. The van der Waals surface area contributed by atoms with Gasteiger partial charge in [0.15, 0.2) is 0 Å². The Morgan fingerprint density at radius 2 is 1.91 bits per heavy atom. The molecular weight excluding hydrogens is 294 g/mol. The number of carbonyl (C=O) groups is 1. The van der Waals surface area contributed by atoms with Gasteiger partial charge in [0.1, 0.15) is 12.8 Å². The van der Waals surface area contributed by atoms with Crippen molar-refractivity contribution in [2.24, 2.45) is 28.6 Å². The van der Waals surface area contributed by atoms with Crippen molar-refractivity contribution in [1.29, 1.82) is 0 Å². The Morgan fingerprint density at radius 1 is 1.26 bits per heavy atom. The number of carbonyl (C=O) groups excluding carboxylic acids is 1. The summed E-state index contributed by atoms with van der Waals surface area (Å²) < 4.78 is 5.52. The van der Waals surface area contributed by atoms with Gasteiger partial charge in [-0.2, -0.15) is 0 Å². The lowest BCUT2D eigenvalue weighted by Gasteiger charge is -2.51. The quantitative estimate of drug-likeness (QED) is 0.833. The van der Waals surface area contributed by atoms with Crippen molar-refractivity contribution in [2.45, 2.75) is 72.3 Å². The number of ether oxygens (including phenoxy) is 1. The molecule has 1 aliphatic heterocycles. The summed E-state index contributed by atoms with van der Waals surface area (Å²) in [5.41, 5.74) is 0.0608. The summed E-state index contributed by atoms with van der Waals surface area (Å²) in [5, 5.41) is 21.2. The van der Waals surface area contributed by atoms with Crippen molar-refractivity contribution in [3.8, 4) is 0 Å². The minimum Gasteiger partial charge on any atom is -0.449 e. The Kier molecular flexibility index (Phi) is 3.96. The van der Waals surface area contributed by atoms with Crippen LogP contribution in [0.4, 0.5) is 4.79 Å². The van der Waals surface area contributed by atoms with Crippen molar-refractivity contribution in [3.05, 3.63) is 0 Å². The van der Waals surface area contributed by atoms with E-state index in [0.29, 0.717) is 12.5 Å². The highest BCUT2D eigenvalue weighted by atomic mass is 16.6. The molecule has 6 atom stereocenters. The van der Waals surface area contributed by atoms with Crippen molar-refractivity contribution < 1.29 is 19.7 Å². The fraction of sp³-hybridized carbons (Fsp3) is 0.944. The molecule has 1 unspecified atom stereocenters. The van der Waals surface area contributed by atoms with E-state index in [1.54, 1.807) is 4.90 Å². The molecule has 0 aromatic rings. The summed E-state index contributed by atoms with van der Waals surface area (Å²) in [5.74, 6) is 0.202. The lowest BCUT2D eigenvalue weighted by atomic mass is 9.67. The first-order valence-corrected chi connectivity index (χ1v) is 8.94. The number of nitrogens with zero attached hydrogens (tertiary/aromatic N) is 1. The molecule has 3 fully saturated rings. The van der Waals surface area contributed by atoms with Crippen LogP contribution in [0.25, 0.3) is 0 Å². The molecule has 0 radical (unpaired) electrons. The second-order valence-electron chi connectivity index (χ2n) is 8.83. The highest BCUT2D eigenvalue weighted by molar-refractivity contribution is 5.70. The van der Waals surface area contributed by atoms with Crippen LogP contribution < -0.4 is 0 Å². The van der Waals surface area contributed by atoms with Crippen molar-refractivity contribution in [1.82, 2.24) is 4.90 Å². The fourth-order valence-electron chi connectivity index (χ4n) is 5.48. The predicted molar refractivity (Wildman–Crippen MR) is 86.5 cm³/mol. The molecule has 2 aliphatic carbocycles. The van der Waals surface area contributed by atoms with Gasteiger partial charge in [-0.15, -0.1) is 0 Å². The van der Waals surface area contributed by atoms with E-state index < -0.39 is 24.3 Å². The first-order valence-electron chi connectivity index (χ1n) is 8.94. The van der Waals surface area contributed by atoms with Gasteiger partial charge < -0.3 is 14.9 Å². The van der Waals surface area contributed by atoms with E-state index in [2.05, 4.69) is 13.8 Å². The molecule has 2 N–H and O–H groups in total. The van der Waals surface area contributed by atoms with E-state index in [4.69, 9.17) is 4.74 Å². The Morgan fingerprint density at radius 3 is 2.48 bits per heavy atom. The zero-order valence-electron chi connectivity index (χ0n) is 15.0. The van der Waals surface area contributed by atoms with Gasteiger partial charge >= 0.3 is 6.09 Å². The maximum absolute atomic E-state index is 12.4. The number of rotatable bonds is 4. The Balaban J connectivity index is 1.89. The molecule has 1 amide bonds. The van der Waals surface area contributed by atoms with Crippen LogP contribution in [0.2, 0.25) is 0 Å². The highest BCUT2D eigenvalue weighted by Crippen LogP contribution is 2.68. The molecule has 3 aliphatic rings. The smallest absolute Gasteiger partial charge is 0.412 e. The van der Waals surface area contributed by atoms with Gasteiger partial charge in [0.2, 0.25) is 0 Å². The lowest BCUT2D eigenvalue weighted by Crippen LogP contribution is -2.63. The zero-order chi connectivity index (χ0) is 17.2. The average molecular weight is 325 g/mol. The number of aliphatic hydroxyl groups excluding tert-OH is 2.